The summed E-state index contributed by atoms with van der Waals surface area (Å²) in [5.41, 5.74) is 2.92. The predicted molar refractivity (Wildman–Crippen MR) is 54.9 cm³/mol. The van der Waals surface area contributed by atoms with Crippen molar-refractivity contribution in [3.8, 4) is 0 Å². The summed E-state index contributed by atoms with van der Waals surface area (Å²) in [5.74, 6) is 2.40. The third-order valence-corrected chi connectivity index (χ3v) is 3.86. The normalized spacial score (nSPS) is 16.2. The van der Waals surface area contributed by atoms with Crippen molar-refractivity contribution >= 4 is 23.5 Å². The maximum Gasteiger partial charge on any atom is 0.122 e. The van der Waals surface area contributed by atoms with Crippen LogP contribution < -0.4 is 0 Å². The minimum absolute atomic E-state index is 1.15. The van der Waals surface area contributed by atoms with Crippen molar-refractivity contribution in [2.75, 3.05) is 12.0 Å². The minimum atomic E-state index is 1.15. The first-order valence-corrected chi connectivity index (χ1v) is 6.37. The average molecular weight is 200 g/mol. The second kappa shape index (κ2) is 3.34. The Hall–Kier alpha value is -0.0900. The molecule has 66 valence electrons. The zero-order valence-corrected chi connectivity index (χ0v) is 8.97. The van der Waals surface area contributed by atoms with Crippen molar-refractivity contribution < 1.29 is 0 Å². The van der Waals surface area contributed by atoms with Gasteiger partial charge in [-0.25, -0.2) is 0 Å². The predicted octanol–water partition coefficient (Wildman–Crippen LogP) is 1.93. The lowest BCUT2D eigenvalue weighted by atomic mass is 10.2. The standard InChI is InChI=1S/C8H12N2S2/c1-10-7-3-4-12-5-6(7)8(9-10)11-2/h3-5H2,1-2H3. The largest absolute Gasteiger partial charge is 0.271 e. The van der Waals surface area contributed by atoms with Crippen molar-refractivity contribution in [3.63, 3.8) is 0 Å². The first-order chi connectivity index (χ1) is 5.83. The number of thioether (sulfide) groups is 2. The summed E-state index contributed by atoms with van der Waals surface area (Å²) < 4.78 is 2.04. The molecule has 2 nitrogen and oxygen atoms in total. The highest BCUT2D eigenvalue weighted by Gasteiger charge is 2.18. The molecular weight excluding hydrogens is 188 g/mol. The fraction of sp³-hybridized carbons (Fsp3) is 0.625. The van der Waals surface area contributed by atoms with Gasteiger partial charge < -0.3 is 0 Å². The number of fused-ring (bicyclic) bond motifs is 1. The maximum atomic E-state index is 4.48. The Morgan fingerprint density at radius 3 is 3.17 bits per heavy atom. The van der Waals surface area contributed by atoms with E-state index in [1.54, 1.807) is 11.8 Å². The van der Waals surface area contributed by atoms with Gasteiger partial charge >= 0.3 is 0 Å². The molecule has 0 aliphatic carbocycles. The van der Waals surface area contributed by atoms with E-state index in [0.717, 1.165) is 5.75 Å². The summed E-state index contributed by atoms with van der Waals surface area (Å²) in [6.07, 6.45) is 3.28. The van der Waals surface area contributed by atoms with E-state index in [-0.39, 0.29) is 0 Å². The summed E-state index contributed by atoms with van der Waals surface area (Å²) in [4.78, 5) is 0. The van der Waals surface area contributed by atoms with Gasteiger partial charge in [-0.15, -0.1) is 11.8 Å². The van der Waals surface area contributed by atoms with Gasteiger partial charge in [0, 0.05) is 24.1 Å². The van der Waals surface area contributed by atoms with Gasteiger partial charge in [-0.2, -0.15) is 16.9 Å². The topological polar surface area (TPSA) is 17.8 Å². The number of hydrogen-bond donors (Lipinski definition) is 0. The van der Waals surface area contributed by atoms with Crippen LogP contribution in [0.2, 0.25) is 0 Å². The molecule has 0 saturated carbocycles. The SMILES string of the molecule is CSc1nn(C)c2c1CSCC2. The summed E-state index contributed by atoms with van der Waals surface area (Å²) in [7, 11) is 2.05. The molecule has 0 saturated heterocycles. The maximum absolute atomic E-state index is 4.48. The molecule has 0 fully saturated rings. The molecule has 1 aliphatic heterocycles. The number of nitrogens with zero attached hydrogens (tertiary/aromatic N) is 2. The fourth-order valence-corrected chi connectivity index (χ4v) is 3.26. The zero-order valence-electron chi connectivity index (χ0n) is 7.33. The lowest BCUT2D eigenvalue weighted by molar-refractivity contribution is 0.699. The van der Waals surface area contributed by atoms with Gasteiger partial charge in [0.05, 0.1) is 0 Å². The molecule has 2 rings (SSSR count). The van der Waals surface area contributed by atoms with Gasteiger partial charge in [-0.05, 0) is 18.4 Å². The van der Waals surface area contributed by atoms with Crippen molar-refractivity contribution in [3.05, 3.63) is 11.3 Å². The van der Waals surface area contributed by atoms with Gasteiger partial charge in [0.1, 0.15) is 5.03 Å². The summed E-state index contributed by atoms with van der Waals surface area (Å²) in [6.45, 7) is 0. The van der Waals surface area contributed by atoms with E-state index in [1.165, 1.54) is 28.5 Å². The molecule has 0 aromatic carbocycles. The van der Waals surface area contributed by atoms with Gasteiger partial charge in [0.15, 0.2) is 0 Å². The lowest BCUT2D eigenvalue weighted by Crippen LogP contribution is -2.05. The summed E-state index contributed by atoms with van der Waals surface area (Å²) >= 11 is 3.77. The van der Waals surface area contributed by atoms with Crippen LogP contribution in [-0.4, -0.2) is 21.8 Å². The fourth-order valence-electron chi connectivity index (χ4n) is 1.54. The molecular formula is C8H12N2S2. The smallest absolute Gasteiger partial charge is 0.122 e. The molecule has 0 atom stereocenters. The molecule has 0 spiro atoms. The number of rotatable bonds is 1. The Balaban J connectivity index is 2.47. The van der Waals surface area contributed by atoms with Crippen LogP contribution in [0.25, 0.3) is 0 Å². The average Bonchev–Trinajstić information content (AvgIpc) is 2.44. The number of hydrogen-bond acceptors (Lipinski definition) is 3. The lowest BCUT2D eigenvalue weighted by Gasteiger charge is -2.11. The van der Waals surface area contributed by atoms with Crippen LogP contribution in [0.3, 0.4) is 0 Å². The number of aromatic nitrogens is 2. The third-order valence-electron chi connectivity index (χ3n) is 2.16. The number of aryl methyl sites for hydroxylation is 1. The van der Waals surface area contributed by atoms with E-state index in [2.05, 4.69) is 18.4 Å². The zero-order chi connectivity index (χ0) is 8.55. The summed E-state index contributed by atoms with van der Waals surface area (Å²) in [5, 5.41) is 5.70. The van der Waals surface area contributed by atoms with Gasteiger partial charge in [-0.1, -0.05) is 0 Å². The molecule has 12 heavy (non-hydrogen) atoms. The van der Waals surface area contributed by atoms with Crippen molar-refractivity contribution in [2.45, 2.75) is 17.2 Å². The molecule has 0 N–H and O–H groups in total. The molecule has 0 bridgehead atoms. The highest BCUT2D eigenvalue weighted by Crippen LogP contribution is 2.30. The van der Waals surface area contributed by atoms with Crippen LogP contribution in [0.5, 0.6) is 0 Å². The van der Waals surface area contributed by atoms with Crippen molar-refractivity contribution in [1.82, 2.24) is 9.78 Å². The van der Waals surface area contributed by atoms with E-state index >= 15 is 0 Å². The molecule has 4 heteroatoms. The van der Waals surface area contributed by atoms with E-state index in [1.807, 2.05) is 16.4 Å². The van der Waals surface area contributed by atoms with Crippen LogP contribution in [0.1, 0.15) is 11.3 Å². The minimum Gasteiger partial charge on any atom is -0.271 e. The first kappa shape index (κ1) is 8.51. The van der Waals surface area contributed by atoms with Gasteiger partial charge in [0.2, 0.25) is 0 Å². The van der Waals surface area contributed by atoms with Crippen LogP contribution in [0.4, 0.5) is 0 Å². The Bertz CT molecular complexity index is 293. The molecule has 0 radical (unpaired) electrons. The van der Waals surface area contributed by atoms with Gasteiger partial charge in [-0.3, -0.25) is 4.68 Å². The molecule has 1 aromatic heterocycles. The summed E-state index contributed by atoms with van der Waals surface area (Å²) in [6, 6.07) is 0. The Morgan fingerprint density at radius 2 is 2.42 bits per heavy atom. The second-order valence-corrected chi connectivity index (χ2v) is 4.76. The Morgan fingerprint density at radius 1 is 1.58 bits per heavy atom. The van der Waals surface area contributed by atoms with Gasteiger partial charge in [0.25, 0.3) is 0 Å². The van der Waals surface area contributed by atoms with Crippen LogP contribution in [-0.2, 0) is 19.2 Å². The Labute approximate surface area is 81.1 Å². The molecule has 1 aliphatic rings. The quantitative estimate of drug-likeness (QED) is 0.645. The molecule has 0 amide bonds. The van der Waals surface area contributed by atoms with Crippen LogP contribution in [0, 0.1) is 0 Å². The van der Waals surface area contributed by atoms with E-state index < -0.39 is 0 Å². The third kappa shape index (κ3) is 1.27. The second-order valence-electron chi connectivity index (χ2n) is 2.86. The van der Waals surface area contributed by atoms with Crippen molar-refractivity contribution in [1.29, 1.82) is 0 Å². The Kier molecular flexibility index (Phi) is 2.37. The van der Waals surface area contributed by atoms with E-state index in [9.17, 15) is 0 Å². The first-order valence-electron chi connectivity index (χ1n) is 3.99. The highest BCUT2D eigenvalue weighted by molar-refractivity contribution is 7.99. The van der Waals surface area contributed by atoms with Crippen LogP contribution in [0.15, 0.2) is 5.03 Å². The van der Waals surface area contributed by atoms with Crippen molar-refractivity contribution in [2.24, 2.45) is 7.05 Å². The monoisotopic (exact) mass is 200 g/mol. The molecule has 0 unspecified atom stereocenters. The van der Waals surface area contributed by atoms with E-state index in [0.29, 0.717) is 0 Å². The highest BCUT2D eigenvalue weighted by atomic mass is 32.2. The van der Waals surface area contributed by atoms with E-state index in [4.69, 9.17) is 0 Å². The van der Waals surface area contributed by atoms with Crippen LogP contribution >= 0.6 is 23.5 Å². The molecule has 1 aromatic rings. The molecule has 2 heterocycles.